The Balaban J connectivity index is 1.59. The molecule has 0 amide bonds. The van der Waals surface area contributed by atoms with Crippen LogP contribution >= 0.6 is 0 Å². The average molecular weight is 475 g/mol. The zero-order valence-electron chi connectivity index (χ0n) is 20.2. The third-order valence-corrected chi connectivity index (χ3v) is 9.05. The van der Waals surface area contributed by atoms with Crippen molar-refractivity contribution in [3.8, 4) is 0 Å². The first kappa shape index (κ1) is 23.5. The minimum absolute atomic E-state index is 0.0577. The van der Waals surface area contributed by atoms with Crippen molar-refractivity contribution in [2.45, 2.75) is 77.5 Å². The second-order valence-corrected chi connectivity index (χ2v) is 11.4. The van der Waals surface area contributed by atoms with Gasteiger partial charge in [-0.1, -0.05) is 19.9 Å². The molecular weight excluding hydrogens is 443 g/mol. The number of hydrogen-bond donors (Lipinski definition) is 0. The topological polar surface area (TPSA) is 96.0 Å². The second kappa shape index (κ2) is 7.17. The van der Waals surface area contributed by atoms with E-state index in [4.69, 9.17) is 14.2 Å². The predicted octanol–water partition coefficient (Wildman–Crippen LogP) is 3.05. The lowest BCUT2D eigenvalue weighted by Crippen LogP contribution is -2.63. The van der Waals surface area contributed by atoms with Crippen LogP contribution in [-0.2, 0) is 33.4 Å². The van der Waals surface area contributed by atoms with Gasteiger partial charge >= 0.3 is 5.97 Å². The molecule has 3 saturated carbocycles. The van der Waals surface area contributed by atoms with Crippen LogP contribution in [0.4, 0.5) is 4.39 Å². The molecule has 3 unspecified atom stereocenters. The summed E-state index contributed by atoms with van der Waals surface area (Å²) >= 11 is 0. The highest BCUT2D eigenvalue weighted by atomic mass is 19.1. The van der Waals surface area contributed by atoms with Gasteiger partial charge < -0.3 is 14.2 Å². The Morgan fingerprint density at radius 2 is 1.88 bits per heavy atom. The van der Waals surface area contributed by atoms with Crippen LogP contribution in [0.25, 0.3) is 0 Å². The molecular formula is C26H31FO7. The standard InChI is InChI=1S/C26H31FO7/c1-13(28)32-12-20(31)26-21(33-23(2,3)34-26)10-16-15-9-18(27)17-8-14(29)6-7-24(17,4)22(15)19(30)11-25(16,26)5/h6-8,15-16,18,21-22H,9-12H2,1-5H3/t15?,16?,18-,21+,22?,24-,25-,26+/m0/s1. The van der Waals surface area contributed by atoms with E-state index >= 15 is 4.39 Å². The van der Waals surface area contributed by atoms with Crippen LogP contribution in [0.1, 0.15) is 53.9 Å². The van der Waals surface area contributed by atoms with Crippen molar-refractivity contribution < 1.29 is 37.8 Å². The fourth-order valence-corrected chi connectivity index (χ4v) is 7.91. The monoisotopic (exact) mass is 474 g/mol. The lowest BCUT2D eigenvalue weighted by atomic mass is 9.46. The Hall–Kier alpha value is -2.19. The smallest absolute Gasteiger partial charge is 0.303 e. The molecule has 7 nitrogen and oxygen atoms in total. The van der Waals surface area contributed by atoms with Gasteiger partial charge in [0.1, 0.15) is 12.0 Å². The van der Waals surface area contributed by atoms with Gasteiger partial charge in [-0.25, -0.2) is 4.39 Å². The molecule has 184 valence electrons. The van der Waals surface area contributed by atoms with Crippen molar-refractivity contribution in [2.75, 3.05) is 6.61 Å². The largest absolute Gasteiger partial charge is 0.458 e. The number of ether oxygens (including phenoxy) is 3. The molecule has 0 aromatic heterocycles. The summed E-state index contributed by atoms with van der Waals surface area (Å²) in [5.74, 6) is -3.49. The molecule has 1 aliphatic heterocycles. The molecule has 8 atom stereocenters. The van der Waals surface area contributed by atoms with Gasteiger partial charge in [-0.15, -0.1) is 0 Å². The van der Waals surface area contributed by atoms with Crippen LogP contribution in [-0.4, -0.2) is 53.6 Å². The minimum atomic E-state index is -1.47. The summed E-state index contributed by atoms with van der Waals surface area (Å²) in [5.41, 5.74) is -2.95. The van der Waals surface area contributed by atoms with Crippen molar-refractivity contribution in [2.24, 2.45) is 28.6 Å². The van der Waals surface area contributed by atoms with Crippen LogP contribution in [0.2, 0.25) is 0 Å². The van der Waals surface area contributed by atoms with Crippen LogP contribution in [0, 0.1) is 28.6 Å². The zero-order valence-corrected chi connectivity index (χ0v) is 20.2. The maximum Gasteiger partial charge on any atom is 0.303 e. The third-order valence-electron chi connectivity index (χ3n) is 9.05. The zero-order chi connectivity index (χ0) is 24.8. The van der Waals surface area contributed by atoms with E-state index in [1.165, 1.54) is 19.1 Å². The Bertz CT molecular complexity index is 1060. The Kier molecular flexibility index (Phi) is 4.96. The molecule has 4 fully saturated rings. The van der Waals surface area contributed by atoms with Gasteiger partial charge in [0.15, 0.2) is 23.8 Å². The highest BCUT2D eigenvalue weighted by Crippen LogP contribution is 2.69. The van der Waals surface area contributed by atoms with Gasteiger partial charge in [0.25, 0.3) is 0 Å². The number of esters is 1. The van der Waals surface area contributed by atoms with Crippen molar-refractivity contribution >= 4 is 23.3 Å². The Morgan fingerprint density at radius 3 is 2.56 bits per heavy atom. The third kappa shape index (κ3) is 2.94. The van der Waals surface area contributed by atoms with E-state index in [1.54, 1.807) is 19.9 Å². The minimum Gasteiger partial charge on any atom is -0.458 e. The number of halogens is 1. The van der Waals surface area contributed by atoms with Gasteiger partial charge in [0, 0.05) is 30.1 Å². The van der Waals surface area contributed by atoms with Crippen LogP contribution in [0.15, 0.2) is 23.8 Å². The summed E-state index contributed by atoms with van der Waals surface area (Å²) in [6.45, 7) is 7.89. The molecule has 0 aromatic rings. The average Bonchev–Trinajstić information content (AvgIpc) is 3.13. The lowest BCUT2D eigenvalue weighted by Gasteiger charge is -2.57. The summed E-state index contributed by atoms with van der Waals surface area (Å²) in [6, 6.07) is 0. The number of allylic oxidation sites excluding steroid dienone is 4. The highest BCUT2D eigenvalue weighted by Gasteiger charge is 2.77. The predicted molar refractivity (Wildman–Crippen MR) is 117 cm³/mol. The van der Waals surface area contributed by atoms with Crippen LogP contribution < -0.4 is 0 Å². The summed E-state index contributed by atoms with van der Waals surface area (Å²) in [4.78, 5) is 50.9. The quantitative estimate of drug-likeness (QED) is 0.580. The number of rotatable bonds is 3. The van der Waals surface area contributed by atoms with Gasteiger partial charge in [-0.2, -0.15) is 0 Å². The first-order valence-corrected chi connectivity index (χ1v) is 11.9. The Labute approximate surface area is 198 Å². The van der Waals surface area contributed by atoms with Crippen LogP contribution in [0.3, 0.4) is 0 Å². The van der Waals surface area contributed by atoms with Crippen molar-refractivity contribution in [3.63, 3.8) is 0 Å². The van der Waals surface area contributed by atoms with E-state index in [0.29, 0.717) is 12.0 Å². The molecule has 5 rings (SSSR count). The lowest BCUT2D eigenvalue weighted by molar-refractivity contribution is -0.215. The number of carbonyl (C=O) groups excluding carboxylic acids is 4. The Morgan fingerprint density at radius 1 is 1.18 bits per heavy atom. The number of alkyl halides is 1. The number of hydrogen-bond acceptors (Lipinski definition) is 7. The maximum absolute atomic E-state index is 15.5. The molecule has 1 heterocycles. The molecule has 34 heavy (non-hydrogen) atoms. The van der Waals surface area contributed by atoms with Gasteiger partial charge in [0.05, 0.1) is 6.10 Å². The van der Waals surface area contributed by atoms with Crippen LogP contribution in [0.5, 0.6) is 0 Å². The number of carbonyl (C=O) groups is 4. The molecule has 1 saturated heterocycles. The molecule has 5 aliphatic rings. The SMILES string of the molecule is CC(=O)OCC(=O)[C@@]12OC(C)(C)O[C@@H]1CC1C3C[C@H](F)C4=CC(=O)C=C[C@]4(C)C3C(=O)C[C@@]12C. The fourth-order valence-electron chi connectivity index (χ4n) is 7.91. The van der Waals surface area contributed by atoms with E-state index in [-0.39, 0.29) is 36.2 Å². The van der Waals surface area contributed by atoms with Crippen molar-refractivity contribution in [1.29, 1.82) is 0 Å². The summed E-state index contributed by atoms with van der Waals surface area (Å²) < 4.78 is 33.1. The van der Waals surface area contributed by atoms with E-state index in [9.17, 15) is 19.2 Å². The molecule has 8 heteroatoms. The number of fused-ring (bicyclic) bond motifs is 7. The summed E-state index contributed by atoms with van der Waals surface area (Å²) in [5, 5.41) is 0. The molecule has 0 N–H and O–H groups in total. The molecule has 0 radical (unpaired) electrons. The highest BCUT2D eigenvalue weighted by molar-refractivity contribution is 6.02. The molecule has 0 spiro atoms. The van der Waals surface area contributed by atoms with Gasteiger partial charge in [-0.3, -0.25) is 19.2 Å². The first-order chi connectivity index (χ1) is 15.7. The van der Waals surface area contributed by atoms with Crippen molar-refractivity contribution in [3.05, 3.63) is 23.8 Å². The normalized spacial score (nSPS) is 46.2. The van der Waals surface area contributed by atoms with Crippen molar-refractivity contribution in [1.82, 2.24) is 0 Å². The first-order valence-electron chi connectivity index (χ1n) is 11.9. The van der Waals surface area contributed by atoms with E-state index in [1.807, 2.05) is 13.8 Å². The maximum atomic E-state index is 15.5. The summed E-state index contributed by atoms with van der Waals surface area (Å²) in [7, 11) is 0. The fraction of sp³-hybridized carbons (Fsp3) is 0.692. The number of ketones is 3. The number of Topliss-reactive ketones (excluding diaryl/α,β-unsaturated/α-hetero) is 2. The van der Waals surface area contributed by atoms with Gasteiger partial charge in [-0.05, 0) is 56.3 Å². The molecule has 0 bridgehead atoms. The van der Waals surface area contributed by atoms with E-state index in [0.717, 1.165) is 0 Å². The van der Waals surface area contributed by atoms with E-state index < -0.39 is 58.8 Å². The summed E-state index contributed by atoms with van der Waals surface area (Å²) in [6.07, 6.45) is 3.03. The second-order valence-electron chi connectivity index (χ2n) is 11.4. The van der Waals surface area contributed by atoms with Gasteiger partial charge in [0.2, 0.25) is 5.78 Å². The van der Waals surface area contributed by atoms with E-state index in [2.05, 4.69) is 0 Å². The molecule has 4 aliphatic carbocycles. The molecule has 0 aromatic carbocycles.